The molecule has 1 fully saturated rings. The Balaban J connectivity index is 2.10. The molecule has 0 bridgehead atoms. The maximum atomic E-state index is 10.6. The molecule has 0 aromatic heterocycles. The van der Waals surface area contributed by atoms with E-state index in [1.165, 1.54) is 38.8 Å². The van der Waals surface area contributed by atoms with E-state index in [1.54, 1.807) is 6.92 Å². The Morgan fingerprint density at radius 1 is 1.27 bits per heavy atom. The van der Waals surface area contributed by atoms with Gasteiger partial charge >= 0.3 is 5.97 Å². The van der Waals surface area contributed by atoms with Gasteiger partial charge in [-0.2, -0.15) is 0 Å². The third-order valence-electron chi connectivity index (χ3n) is 3.23. The number of carboxylic acid groups (broad SMARTS) is 1. The fourth-order valence-electron chi connectivity index (χ4n) is 2.10. The third-order valence-corrected chi connectivity index (χ3v) is 3.23. The Kier molecular flexibility index (Phi) is 5.69. The van der Waals surface area contributed by atoms with E-state index < -0.39 is 5.97 Å². The fraction of sp³-hybridized carbons (Fsp3) is 0.917. The second-order valence-corrected chi connectivity index (χ2v) is 4.64. The molecule has 0 spiro atoms. The van der Waals surface area contributed by atoms with Gasteiger partial charge in [0.05, 0.1) is 5.92 Å². The molecule has 1 unspecified atom stereocenters. The quantitative estimate of drug-likeness (QED) is 0.762. The molecule has 1 heterocycles. The van der Waals surface area contributed by atoms with Crippen molar-refractivity contribution in [3.63, 3.8) is 0 Å². The third kappa shape index (κ3) is 5.17. The van der Waals surface area contributed by atoms with E-state index in [0.29, 0.717) is 0 Å². The lowest BCUT2D eigenvalue weighted by molar-refractivity contribution is -0.141. The van der Waals surface area contributed by atoms with Crippen LogP contribution < -0.4 is 0 Å². The highest BCUT2D eigenvalue weighted by molar-refractivity contribution is 5.69. The largest absolute Gasteiger partial charge is 0.481 e. The highest BCUT2D eigenvalue weighted by Gasteiger charge is 2.12. The Morgan fingerprint density at radius 3 is 2.40 bits per heavy atom. The van der Waals surface area contributed by atoms with Crippen LogP contribution in [0.15, 0.2) is 0 Å². The number of hydrogen-bond donors (Lipinski definition) is 1. The summed E-state index contributed by atoms with van der Waals surface area (Å²) >= 11 is 0. The average Bonchev–Trinajstić information content (AvgIpc) is 2.46. The van der Waals surface area contributed by atoms with Crippen LogP contribution in [0.1, 0.15) is 45.4 Å². The van der Waals surface area contributed by atoms with Crippen LogP contribution in [0.2, 0.25) is 0 Å². The van der Waals surface area contributed by atoms with Gasteiger partial charge in [0, 0.05) is 0 Å². The maximum absolute atomic E-state index is 10.6. The van der Waals surface area contributed by atoms with Crippen LogP contribution in [0.4, 0.5) is 0 Å². The van der Waals surface area contributed by atoms with Crippen LogP contribution in [-0.4, -0.2) is 35.6 Å². The van der Waals surface area contributed by atoms with Gasteiger partial charge in [-0.3, -0.25) is 4.79 Å². The van der Waals surface area contributed by atoms with E-state index in [0.717, 1.165) is 19.4 Å². The predicted octanol–water partition coefficient (Wildman–Crippen LogP) is 2.36. The minimum Gasteiger partial charge on any atom is -0.481 e. The molecule has 0 amide bonds. The summed E-state index contributed by atoms with van der Waals surface area (Å²) in [6.45, 7) is 5.30. The highest BCUT2D eigenvalue weighted by Crippen LogP contribution is 2.12. The lowest BCUT2D eigenvalue weighted by atomic mass is 10.1. The van der Waals surface area contributed by atoms with Crippen molar-refractivity contribution in [3.05, 3.63) is 0 Å². The number of rotatable bonds is 5. The molecule has 3 heteroatoms. The molecule has 0 aliphatic carbocycles. The molecule has 0 saturated carbocycles. The summed E-state index contributed by atoms with van der Waals surface area (Å²) in [5.41, 5.74) is 0. The van der Waals surface area contributed by atoms with Crippen molar-refractivity contribution >= 4 is 5.97 Å². The van der Waals surface area contributed by atoms with Gasteiger partial charge in [0.25, 0.3) is 0 Å². The summed E-state index contributed by atoms with van der Waals surface area (Å²) in [4.78, 5) is 13.1. The first-order valence-corrected chi connectivity index (χ1v) is 6.15. The van der Waals surface area contributed by atoms with E-state index in [1.807, 2.05) is 0 Å². The Bertz CT molecular complexity index is 186. The highest BCUT2D eigenvalue weighted by atomic mass is 16.4. The minimum atomic E-state index is -0.661. The molecule has 0 aromatic rings. The topological polar surface area (TPSA) is 40.5 Å². The van der Waals surface area contributed by atoms with Crippen LogP contribution in [0, 0.1) is 5.92 Å². The number of likely N-dealkylation sites (tertiary alicyclic amines) is 1. The number of aliphatic carboxylic acids is 1. The van der Waals surface area contributed by atoms with Gasteiger partial charge in [-0.15, -0.1) is 0 Å². The first-order valence-electron chi connectivity index (χ1n) is 6.15. The average molecular weight is 213 g/mol. The fourth-order valence-corrected chi connectivity index (χ4v) is 2.10. The van der Waals surface area contributed by atoms with Crippen LogP contribution in [0.5, 0.6) is 0 Å². The molecule has 1 atom stereocenters. The zero-order valence-corrected chi connectivity index (χ0v) is 9.74. The number of hydrogen-bond acceptors (Lipinski definition) is 2. The van der Waals surface area contributed by atoms with Crippen molar-refractivity contribution in [2.75, 3.05) is 19.6 Å². The second kappa shape index (κ2) is 6.83. The summed E-state index contributed by atoms with van der Waals surface area (Å²) in [7, 11) is 0. The molecule has 1 rings (SSSR count). The van der Waals surface area contributed by atoms with Crippen LogP contribution in [-0.2, 0) is 4.79 Å². The van der Waals surface area contributed by atoms with Gasteiger partial charge in [-0.1, -0.05) is 19.8 Å². The summed E-state index contributed by atoms with van der Waals surface area (Å²) in [5, 5.41) is 8.75. The van der Waals surface area contributed by atoms with Crippen LogP contribution >= 0.6 is 0 Å². The Labute approximate surface area is 92.5 Å². The maximum Gasteiger partial charge on any atom is 0.306 e. The molecule has 1 aliphatic heterocycles. The Hall–Kier alpha value is -0.570. The molecule has 1 N–H and O–H groups in total. The van der Waals surface area contributed by atoms with Crippen molar-refractivity contribution < 1.29 is 9.90 Å². The molecule has 1 saturated heterocycles. The summed E-state index contributed by atoms with van der Waals surface area (Å²) in [6.07, 6.45) is 7.19. The van der Waals surface area contributed by atoms with Crippen molar-refractivity contribution in [3.8, 4) is 0 Å². The van der Waals surface area contributed by atoms with Crippen LogP contribution in [0.3, 0.4) is 0 Å². The van der Waals surface area contributed by atoms with Gasteiger partial charge in [-0.25, -0.2) is 0 Å². The summed E-state index contributed by atoms with van der Waals surface area (Å²) in [6, 6.07) is 0. The lowest BCUT2D eigenvalue weighted by Gasteiger charge is -2.19. The standard InChI is InChI=1S/C12H23NO2/c1-11(12(14)15)7-6-10-13-8-4-2-3-5-9-13/h11H,2-10H2,1H3,(H,14,15). The van der Waals surface area contributed by atoms with Gasteiger partial charge in [0.2, 0.25) is 0 Å². The monoisotopic (exact) mass is 213 g/mol. The first kappa shape index (κ1) is 12.5. The molecule has 0 radical (unpaired) electrons. The summed E-state index contributed by atoms with van der Waals surface area (Å²) < 4.78 is 0. The van der Waals surface area contributed by atoms with Crippen molar-refractivity contribution in [1.82, 2.24) is 4.90 Å². The Morgan fingerprint density at radius 2 is 1.87 bits per heavy atom. The smallest absolute Gasteiger partial charge is 0.306 e. The molecular formula is C12H23NO2. The van der Waals surface area contributed by atoms with Crippen molar-refractivity contribution in [2.24, 2.45) is 5.92 Å². The zero-order chi connectivity index (χ0) is 11.1. The number of carbonyl (C=O) groups is 1. The second-order valence-electron chi connectivity index (χ2n) is 4.64. The van der Waals surface area contributed by atoms with Gasteiger partial charge in [0.15, 0.2) is 0 Å². The number of carboxylic acids is 1. The zero-order valence-electron chi connectivity index (χ0n) is 9.74. The lowest BCUT2D eigenvalue weighted by Crippen LogP contribution is -2.26. The van der Waals surface area contributed by atoms with Crippen LogP contribution in [0.25, 0.3) is 0 Å². The molecule has 1 aliphatic rings. The molecule has 3 nitrogen and oxygen atoms in total. The van der Waals surface area contributed by atoms with Gasteiger partial charge < -0.3 is 10.0 Å². The molecular weight excluding hydrogens is 190 g/mol. The van der Waals surface area contributed by atoms with Crippen molar-refractivity contribution in [1.29, 1.82) is 0 Å². The van der Waals surface area contributed by atoms with E-state index in [4.69, 9.17) is 5.11 Å². The van der Waals surface area contributed by atoms with E-state index in [-0.39, 0.29) is 5.92 Å². The van der Waals surface area contributed by atoms with Gasteiger partial charge in [0.1, 0.15) is 0 Å². The SMILES string of the molecule is CC(CCCN1CCCCCC1)C(=O)O. The molecule has 0 aromatic carbocycles. The minimum absolute atomic E-state index is 0.183. The van der Waals surface area contributed by atoms with E-state index in [2.05, 4.69) is 4.90 Å². The predicted molar refractivity (Wildman–Crippen MR) is 60.9 cm³/mol. The summed E-state index contributed by atoms with van der Waals surface area (Å²) in [5.74, 6) is -0.845. The van der Waals surface area contributed by atoms with E-state index in [9.17, 15) is 4.79 Å². The van der Waals surface area contributed by atoms with Gasteiger partial charge in [-0.05, 0) is 45.3 Å². The number of nitrogens with zero attached hydrogens (tertiary/aromatic N) is 1. The van der Waals surface area contributed by atoms with E-state index >= 15 is 0 Å². The first-order chi connectivity index (χ1) is 7.20. The normalized spacial score (nSPS) is 20.9. The molecule has 15 heavy (non-hydrogen) atoms. The van der Waals surface area contributed by atoms with Crippen molar-refractivity contribution in [2.45, 2.75) is 45.4 Å². The molecule has 88 valence electrons.